The van der Waals surface area contributed by atoms with Gasteiger partial charge >= 0.3 is 0 Å². The van der Waals surface area contributed by atoms with Crippen LogP contribution in [-0.2, 0) is 29.0 Å². The number of nitrogens with zero attached hydrogens (tertiary/aromatic N) is 1. The zero-order valence-corrected chi connectivity index (χ0v) is 20.4. The van der Waals surface area contributed by atoms with Gasteiger partial charge in [0.15, 0.2) is 0 Å². The fourth-order valence-corrected chi connectivity index (χ4v) is 4.84. The summed E-state index contributed by atoms with van der Waals surface area (Å²) >= 11 is 6.33. The monoisotopic (exact) mass is 492 g/mol. The fourth-order valence-electron chi connectivity index (χ4n) is 4.64. The van der Waals surface area contributed by atoms with Gasteiger partial charge in [-0.1, -0.05) is 91.2 Å². The molecule has 1 aliphatic carbocycles. The molecule has 0 radical (unpaired) electrons. The van der Waals surface area contributed by atoms with Gasteiger partial charge in [-0.15, -0.1) is 0 Å². The second kappa shape index (κ2) is 12.0. The zero-order valence-electron chi connectivity index (χ0n) is 19.6. The minimum Gasteiger partial charge on any atom is -0.352 e. The lowest BCUT2D eigenvalue weighted by Gasteiger charge is -2.32. The van der Waals surface area contributed by atoms with Gasteiger partial charge < -0.3 is 10.2 Å². The zero-order chi connectivity index (χ0) is 24.6. The number of hydrogen-bond donors (Lipinski definition) is 1. The Morgan fingerprint density at radius 2 is 1.54 bits per heavy atom. The van der Waals surface area contributed by atoms with Gasteiger partial charge in [-0.3, -0.25) is 9.59 Å². The van der Waals surface area contributed by atoms with E-state index in [-0.39, 0.29) is 30.8 Å². The summed E-state index contributed by atoms with van der Waals surface area (Å²) in [6, 6.07) is 22.5. The number of benzene rings is 3. The Bertz CT molecular complexity index is 1150. The van der Waals surface area contributed by atoms with E-state index in [9.17, 15) is 14.0 Å². The van der Waals surface area contributed by atoms with Gasteiger partial charge in [0.05, 0.1) is 6.42 Å². The van der Waals surface area contributed by atoms with Gasteiger partial charge in [-0.2, -0.15) is 0 Å². The number of hydrogen-bond acceptors (Lipinski definition) is 2. The lowest BCUT2D eigenvalue weighted by Crippen LogP contribution is -2.52. The summed E-state index contributed by atoms with van der Waals surface area (Å²) in [7, 11) is 0. The molecule has 0 spiro atoms. The molecular formula is C29H30ClFN2O2. The third kappa shape index (κ3) is 6.70. The van der Waals surface area contributed by atoms with Crippen LogP contribution in [0.5, 0.6) is 0 Å². The van der Waals surface area contributed by atoms with Crippen molar-refractivity contribution in [3.63, 3.8) is 0 Å². The van der Waals surface area contributed by atoms with Crippen LogP contribution in [0.15, 0.2) is 78.9 Å². The molecular weight excluding hydrogens is 463 g/mol. The van der Waals surface area contributed by atoms with E-state index in [1.54, 1.807) is 36.4 Å². The van der Waals surface area contributed by atoms with Crippen molar-refractivity contribution in [1.82, 2.24) is 10.2 Å². The van der Waals surface area contributed by atoms with Crippen molar-refractivity contribution in [1.29, 1.82) is 0 Å². The largest absolute Gasteiger partial charge is 0.352 e. The number of rotatable bonds is 9. The van der Waals surface area contributed by atoms with E-state index in [0.717, 1.165) is 31.2 Å². The smallest absolute Gasteiger partial charge is 0.243 e. The van der Waals surface area contributed by atoms with E-state index in [2.05, 4.69) is 5.32 Å². The van der Waals surface area contributed by atoms with E-state index in [1.807, 2.05) is 36.4 Å². The topological polar surface area (TPSA) is 49.4 Å². The van der Waals surface area contributed by atoms with Crippen LogP contribution in [0, 0.1) is 5.82 Å². The van der Waals surface area contributed by atoms with Crippen molar-refractivity contribution in [2.45, 2.75) is 57.2 Å². The molecule has 6 heteroatoms. The Balaban J connectivity index is 1.68. The fraction of sp³-hybridized carbons (Fsp3) is 0.310. The minimum atomic E-state index is -0.785. The van der Waals surface area contributed by atoms with Crippen molar-refractivity contribution >= 4 is 23.4 Å². The van der Waals surface area contributed by atoms with Crippen molar-refractivity contribution in [2.24, 2.45) is 0 Å². The second-order valence-corrected chi connectivity index (χ2v) is 9.48. The molecule has 0 aromatic heterocycles. The van der Waals surface area contributed by atoms with Gasteiger partial charge in [-0.25, -0.2) is 4.39 Å². The van der Waals surface area contributed by atoms with Gasteiger partial charge in [0.1, 0.15) is 11.9 Å². The van der Waals surface area contributed by atoms with Crippen molar-refractivity contribution < 1.29 is 14.0 Å². The summed E-state index contributed by atoms with van der Waals surface area (Å²) in [5.41, 5.74) is 1.97. The molecule has 0 saturated heterocycles. The highest BCUT2D eigenvalue weighted by Gasteiger charge is 2.32. The quantitative estimate of drug-likeness (QED) is 0.415. The van der Waals surface area contributed by atoms with Crippen molar-refractivity contribution in [3.8, 4) is 0 Å². The first-order valence-electron chi connectivity index (χ1n) is 12.1. The predicted molar refractivity (Wildman–Crippen MR) is 136 cm³/mol. The number of amides is 2. The van der Waals surface area contributed by atoms with Crippen LogP contribution in [0.25, 0.3) is 0 Å². The maximum atomic E-state index is 14.7. The maximum absolute atomic E-state index is 14.7. The number of nitrogens with one attached hydrogen (secondary N) is 1. The highest BCUT2D eigenvalue weighted by Crippen LogP contribution is 2.22. The normalized spacial score (nSPS) is 14.5. The standard InChI is InChI=1S/C29H30ClFN2O2/c30-25-16-8-4-12-22(25)19-28(34)33(20-23-13-5-9-17-26(23)31)27(18-21-10-2-1-3-11-21)29(35)32-24-14-6-7-15-24/h1-5,8-13,16-17,24,27H,6-7,14-15,18-20H2,(H,32,35). The van der Waals surface area contributed by atoms with Crippen molar-refractivity contribution in [2.75, 3.05) is 0 Å². The van der Waals surface area contributed by atoms with Crippen LogP contribution in [-0.4, -0.2) is 28.8 Å². The molecule has 2 amide bonds. The van der Waals surface area contributed by atoms with E-state index < -0.39 is 11.9 Å². The molecule has 1 saturated carbocycles. The predicted octanol–water partition coefficient (Wildman–Crippen LogP) is 5.72. The van der Waals surface area contributed by atoms with E-state index in [1.165, 1.54) is 11.0 Å². The molecule has 1 fully saturated rings. The molecule has 1 atom stereocenters. The number of carbonyl (C=O) groups excluding carboxylic acids is 2. The summed E-state index contributed by atoms with van der Waals surface area (Å²) in [6.45, 7) is -0.00839. The lowest BCUT2D eigenvalue weighted by atomic mass is 10.0. The molecule has 0 aliphatic heterocycles. The average Bonchev–Trinajstić information content (AvgIpc) is 3.37. The summed E-state index contributed by atoms with van der Waals surface area (Å²) < 4.78 is 14.7. The molecule has 0 heterocycles. The molecule has 3 aromatic carbocycles. The molecule has 4 rings (SSSR count). The third-order valence-electron chi connectivity index (χ3n) is 6.57. The Kier molecular flexibility index (Phi) is 8.54. The SMILES string of the molecule is O=C(NC1CCCC1)C(Cc1ccccc1)N(Cc1ccccc1F)C(=O)Cc1ccccc1Cl. The number of carbonyl (C=O) groups is 2. The summed E-state index contributed by atoms with van der Waals surface area (Å²) in [4.78, 5) is 28.9. The first-order valence-corrected chi connectivity index (χ1v) is 12.5. The Morgan fingerprint density at radius 1 is 0.914 bits per heavy atom. The first-order chi connectivity index (χ1) is 17.0. The highest BCUT2D eigenvalue weighted by atomic mass is 35.5. The summed E-state index contributed by atoms with van der Waals surface area (Å²) in [6.07, 6.45) is 4.39. The van der Waals surface area contributed by atoms with Gasteiger partial charge in [0.2, 0.25) is 11.8 Å². The first kappa shape index (κ1) is 24.9. The maximum Gasteiger partial charge on any atom is 0.243 e. The lowest BCUT2D eigenvalue weighted by molar-refractivity contribution is -0.141. The molecule has 1 N–H and O–H groups in total. The minimum absolute atomic E-state index is 0.00839. The highest BCUT2D eigenvalue weighted by molar-refractivity contribution is 6.31. The molecule has 0 bridgehead atoms. The van der Waals surface area contributed by atoms with Crippen LogP contribution in [0.1, 0.15) is 42.4 Å². The van der Waals surface area contributed by atoms with Crippen LogP contribution < -0.4 is 5.32 Å². The van der Waals surface area contributed by atoms with Crippen LogP contribution in [0.3, 0.4) is 0 Å². The summed E-state index contributed by atoms with van der Waals surface area (Å²) in [5, 5.41) is 3.65. The molecule has 35 heavy (non-hydrogen) atoms. The average molecular weight is 493 g/mol. The Hall–Kier alpha value is -3.18. The van der Waals surface area contributed by atoms with Gasteiger partial charge in [0, 0.05) is 29.6 Å². The Labute approximate surface area is 211 Å². The van der Waals surface area contributed by atoms with Crippen molar-refractivity contribution in [3.05, 3.63) is 106 Å². The van der Waals surface area contributed by atoms with Gasteiger partial charge in [0.25, 0.3) is 0 Å². The second-order valence-electron chi connectivity index (χ2n) is 9.08. The van der Waals surface area contributed by atoms with Gasteiger partial charge in [-0.05, 0) is 36.1 Å². The van der Waals surface area contributed by atoms with Crippen LogP contribution in [0.2, 0.25) is 5.02 Å². The molecule has 4 nitrogen and oxygen atoms in total. The molecule has 182 valence electrons. The van der Waals surface area contributed by atoms with E-state index in [4.69, 9.17) is 11.6 Å². The Morgan fingerprint density at radius 3 is 2.23 bits per heavy atom. The van der Waals surface area contributed by atoms with Crippen LogP contribution in [0.4, 0.5) is 4.39 Å². The molecule has 1 unspecified atom stereocenters. The van der Waals surface area contributed by atoms with E-state index >= 15 is 0 Å². The van der Waals surface area contributed by atoms with E-state index in [0.29, 0.717) is 22.6 Å². The third-order valence-corrected chi connectivity index (χ3v) is 6.94. The molecule has 3 aromatic rings. The number of halogens is 2. The molecule has 1 aliphatic rings. The van der Waals surface area contributed by atoms with Crippen LogP contribution >= 0.6 is 11.6 Å². The summed E-state index contributed by atoms with van der Waals surface area (Å²) in [5.74, 6) is -0.883.